The zero-order valence-corrected chi connectivity index (χ0v) is 11.2. The number of carbonyl (C=O) groups excluding carboxylic acids is 2. The van der Waals surface area contributed by atoms with E-state index in [1.54, 1.807) is 0 Å². The molecule has 1 aromatic heterocycles. The summed E-state index contributed by atoms with van der Waals surface area (Å²) in [5, 5.41) is 4.99. The first kappa shape index (κ1) is 14.2. The molecule has 0 aromatic carbocycles. The number of rotatable bonds is 4. The number of halogens is 1. The number of pyridine rings is 1. The van der Waals surface area contributed by atoms with Crippen molar-refractivity contribution < 1.29 is 9.59 Å². The van der Waals surface area contributed by atoms with Crippen LogP contribution in [-0.4, -0.2) is 30.4 Å². The number of likely N-dealkylation sites (N-methyl/N-ethyl adjacent to an activating group) is 1. The third-order valence-electron chi connectivity index (χ3n) is 2.02. The fraction of sp³-hybridized carbons (Fsp3) is 0.182. The van der Waals surface area contributed by atoms with Crippen molar-refractivity contribution in [3.05, 3.63) is 44.8 Å². The van der Waals surface area contributed by atoms with Crippen molar-refractivity contribution >= 4 is 27.7 Å². The van der Waals surface area contributed by atoms with Gasteiger partial charge in [-0.15, -0.1) is 0 Å². The lowest BCUT2D eigenvalue weighted by Crippen LogP contribution is -2.25. The maximum absolute atomic E-state index is 11.6. The van der Waals surface area contributed by atoms with Crippen molar-refractivity contribution in [2.24, 2.45) is 0 Å². The molecule has 0 fully saturated rings. The Bertz CT molecular complexity index is 537. The number of aromatic amines is 1. The number of carbonyl (C=O) groups is 2. The highest BCUT2D eigenvalue weighted by molar-refractivity contribution is 9.10. The monoisotopic (exact) mass is 313 g/mol. The molecule has 1 aromatic rings. The summed E-state index contributed by atoms with van der Waals surface area (Å²) in [6.45, 7) is 0.225. The second-order valence-corrected chi connectivity index (χ2v) is 4.15. The molecule has 7 heteroatoms. The van der Waals surface area contributed by atoms with Gasteiger partial charge in [-0.25, -0.2) is 0 Å². The first-order valence-electron chi connectivity index (χ1n) is 5.09. The van der Waals surface area contributed by atoms with Gasteiger partial charge in [0.25, 0.3) is 11.5 Å². The van der Waals surface area contributed by atoms with Crippen LogP contribution < -0.4 is 16.2 Å². The quantitative estimate of drug-likeness (QED) is 0.692. The normalized spacial score (nSPS) is 10.3. The zero-order chi connectivity index (χ0) is 13.5. The van der Waals surface area contributed by atoms with E-state index in [0.29, 0.717) is 5.56 Å². The van der Waals surface area contributed by atoms with E-state index in [9.17, 15) is 14.4 Å². The molecule has 1 rings (SSSR count). The molecule has 18 heavy (non-hydrogen) atoms. The summed E-state index contributed by atoms with van der Waals surface area (Å²) >= 11 is 3.03. The molecule has 0 aliphatic carbocycles. The summed E-state index contributed by atoms with van der Waals surface area (Å²) in [4.78, 5) is 36.0. The van der Waals surface area contributed by atoms with E-state index < -0.39 is 0 Å². The molecule has 3 N–H and O–H groups in total. The van der Waals surface area contributed by atoms with Crippen LogP contribution in [0.5, 0.6) is 0 Å². The second-order valence-electron chi connectivity index (χ2n) is 3.29. The summed E-state index contributed by atoms with van der Waals surface area (Å²) < 4.78 is 0.288. The van der Waals surface area contributed by atoms with E-state index in [4.69, 9.17) is 0 Å². The van der Waals surface area contributed by atoms with Crippen LogP contribution in [0.1, 0.15) is 10.4 Å². The Balaban J connectivity index is 2.55. The number of hydrogen-bond donors (Lipinski definition) is 3. The summed E-state index contributed by atoms with van der Waals surface area (Å²) in [7, 11) is 1.52. The average molecular weight is 314 g/mol. The molecule has 0 unspecified atom stereocenters. The first-order valence-corrected chi connectivity index (χ1v) is 5.88. The summed E-state index contributed by atoms with van der Waals surface area (Å²) in [6.07, 6.45) is 4.17. The van der Waals surface area contributed by atoms with Gasteiger partial charge in [-0.1, -0.05) is 6.08 Å². The van der Waals surface area contributed by atoms with Gasteiger partial charge in [0, 0.05) is 25.9 Å². The molecule has 0 aliphatic rings. The van der Waals surface area contributed by atoms with Crippen LogP contribution >= 0.6 is 15.9 Å². The van der Waals surface area contributed by atoms with Crippen molar-refractivity contribution in [1.82, 2.24) is 15.6 Å². The van der Waals surface area contributed by atoms with Crippen LogP contribution in [0.25, 0.3) is 0 Å². The van der Waals surface area contributed by atoms with Crippen LogP contribution in [0.15, 0.2) is 33.7 Å². The highest BCUT2D eigenvalue weighted by Gasteiger charge is 2.06. The SMILES string of the molecule is CNC(=O)/C=C/CNC(=O)c1c[nH]c(=O)c(Br)c1. The molecule has 0 spiro atoms. The Morgan fingerprint density at radius 3 is 2.83 bits per heavy atom. The minimum absolute atomic E-state index is 0.225. The van der Waals surface area contributed by atoms with Crippen LogP contribution in [0.4, 0.5) is 0 Å². The Kier molecular flexibility index (Phi) is 5.31. The average Bonchev–Trinajstić information content (AvgIpc) is 2.37. The molecule has 0 saturated heterocycles. The second kappa shape index (κ2) is 6.75. The number of H-pyrrole nitrogens is 1. The van der Waals surface area contributed by atoms with Crippen LogP contribution in [0.3, 0.4) is 0 Å². The summed E-state index contributed by atoms with van der Waals surface area (Å²) in [6, 6.07) is 1.43. The molecule has 96 valence electrons. The van der Waals surface area contributed by atoms with Gasteiger partial charge in [0.2, 0.25) is 5.91 Å². The van der Waals surface area contributed by atoms with Gasteiger partial charge in [-0.05, 0) is 22.0 Å². The zero-order valence-electron chi connectivity index (χ0n) is 9.62. The fourth-order valence-electron chi connectivity index (χ4n) is 1.09. The van der Waals surface area contributed by atoms with E-state index in [1.807, 2.05) is 0 Å². The Morgan fingerprint density at radius 1 is 1.50 bits per heavy atom. The molecule has 6 nitrogen and oxygen atoms in total. The molecule has 0 bridgehead atoms. The molecule has 0 atom stereocenters. The Morgan fingerprint density at radius 2 is 2.22 bits per heavy atom. The summed E-state index contributed by atoms with van der Waals surface area (Å²) in [5.74, 6) is -0.579. The lowest BCUT2D eigenvalue weighted by Gasteiger charge is -2.02. The van der Waals surface area contributed by atoms with Crippen molar-refractivity contribution in [2.45, 2.75) is 0 Å². The standard InChI is InChI=1S/C11H12BrN3O3/c1-13-9(16)3-2-4-14-10(17)7-5-8(12)11(18)15-6-7/h2-3,5-6H,4H2,1H3,(H,13,16)(H,14,17)(H,15,18)/b3-2+. The molecule has 2 amide bonds. The third kappa shape index (κ3) is 4.17. The maximum atomic E-state index is 11.6. The number of nitrogens with one attached hydrogen (secondary N) is 3. The van der Waals surface area contributed by atoms with Crippen molar-refractivity contribution in [3.63, 3.8) is 0 Å². The Hall–Kier alpha value is -1.89. The molecule has 0 radical (unpaired) electrons. The van der Waals surface area contributed by atoms with Crippen molar-refractivity contribution in [1.29, 1.82) is 0 Å². The van der Waals surface area contributed by atoms with E-state index in [0.717, 1.165) is 0 Å². The number of hydrogen-bond acceptors (Lipinski definition) is 3. The van der Waals surface area contributed by atoms with Crippen LogP contribution in [-0.2, 0) is 4.79 Å². The molecular formula is C11H12BrN3O3. The molecule has 0 saturated carbocycles. The topological polar surface area (TPSA) is 91.1 Å². The summed E-state index contributed by atoms with van der Waals surface area (Å²) in [5.41, 5.74) is 0.0286. The highest BCUT2D eigenvalue weighted by atomic mass is 79.9. The van der Waals surface area contributed by atoms with E-state index in [1.165, 1.54) is 31.5 Å². The van der Waals surface area contributed by atoms with E-state index >= 15 is 0 Å². The van der Waals surface area contributed by atoms with Gasteiger partial charge in [0.05, 0.1) is 10.0 Å². The van der Waals surface area contributed by atoms with Crippen molar-refractivity contribution in [3.8, 4) is 0 Å². The highest BCUT2D eigenvalue weighted by Crippen LogP contribution is 2.04. The largest absolute Gasteiger partial charge is 0.356 e. The van der Waals surface area contributed by atoms with E-state index in [-0.39, 0.29) is 28.4 Å². The van der Waals surface area contributed by atoms with Crippen molar-refractivity contribution in [2.75, 3.05) is 13.6 Å². The van der Waals surface area contributed by atoms with E-state index in [2.05, 4.69) is 31.5 Å². The minimum Gasteiger partial charge on any atom is -0.356 e. The lowest BCUT2D eigenvalue weighted by atomic mass is 10.2. The number of aromatic nitrogens is 1. The number of amides is 2. The lowest BCUT2D eigenvalue weighted by molar-refractivity contribution is -0.116. The minimum atomic E-state index is -0.339. The maximum Gasteiger partial charge on any atom is 0.262 e. The van der Waals surface area contributed by atoms with Gasteiger partial charge in [0.1, 0.15) is 0 Å². The van der Waals surface area contributed by atoms with Gasteiger partial charge in [-0.2, -0.15) is 0 Å². The predicted octanol–water partition coefficient (Wildman–Crippen LogP) is 0.169. The van der Waals surface area contributed by atoms with Gasteiger partial charge >= 0.3 is 0 Å². The van der Waals surface area contributed by atoms with Crippen LogP contribution in [0.2, 0.25) is 0 Å². The van der Waals surface area contributed by atoms with Gasteiger partial charge < -0.3 is 15.6 Å². The molecular weight excluding hydrogens is 302 g/mol. The smallest absolute Gasteiger partial charge is 0.262 e. The van der Waals surface area contributed by atoms with Crippen LogP contribution in [0, 0.1) is 0 Å². The first-order chi connectivity index (χ1) is 8.54. The molecule has 0 aliphatic heterocycles. The third-order valence-corrected chi connectivity index (χ3v) is 2.61. The van der Waals surface area contributed by atoms with Gasteiger partial charge in [0.15, 0.2) is 0 Å². The fourth-order valence-corrected chi connectivity index (χ4v) is 1.45. The predicted molar refractivity (Wildman–Crippen MR) is 70.3 cm³/mol. The Labute approximate surface area is 112 Å². The van der Waals surface area contributed by atoms with Gasteiger partial charge in [-0.3, -0.25) is 14.4 Å². The molecule has 1 heterocycles.